The Kier molecular flexibility index (Phi) is 5.37. The highest BCUT2D eigenvalue weighted by atomic mass is 19.3. The van der Waals surface area contributed by atoms with Gasteiger partial charge in [-0.3, -0.25) is 0 Å². The van der Waals surface area contributed by atoms with E-state index in [2.05, 4.69) is 10.1 Å². The largest absolute Gasteiger partial charge is 0.497 e. The lowest BCUT2D eigenvalue weighted by Crippen LogP contribution is -2.08. The van der Waals surface area contributed by atoms with Crippen molar-refractivity contribution in [1.82, 2.24) is 0 Å². The Morgan fingerprint density at radius 1 is 1.05 bits per heavy atom. The predicted molar refractivity (Wildman–Crippen MR) is 78.3 cm³/mol. The van der Waals surface area contributed by atoms with E-state index >= 15 is 0 Å². The highest BCUT2D eigenvalue weighted by Gasteiger charge is 2.08. The molecular formula is C16H17F2NO2. The fourth-order valence-corrected chi connectivity index (χ4v) is 1.95. The van der Waals surface area contributed by atoms with Crippen LogP contribution >= 0.6 is 0 Å². The monoisotopic (exact) mass is 293 g/mol. The van der Waals surface area contributed by atoms with Crippen LogP contribution in [0.3, 0.4) is 0 Å². The van der Waals surface area contributed by atoms with Gasteiger partial charge in [0, 0.05) is 6.54 Å². The molecule has 5 heteroatoms. The zero-order valence-corrected chi connectivity index (χ0v) is 11.7. The van der Waals surface area contributed by atoms with Crippen molar-refractivity contribution in [2.45, 2.75) is 13.0 Å². The molecule has 0 aliphatic rings. The van der Waals surface area contributed by atoms with Crippen LogP contribution in [0.1, 0.15) is 5.56 Å². The Hall–Kier alpha value is -2.30. The molecule has 0 spiro atoms. The summed E-state index contributed by atoms with van der Waals surface area (Å²) < 4.78 is 34.2. The average Bonchev–Trinajstić information content (AvgIpc) is 2.49. The highest BCUT2D eigenvalue weighted by Crippen LogP contribution is 2.25. The second kappa shape index (κ2) is 7.47. The third kappa shape index (κ3) is 4.63. The molecule has 0 aromatic heterocycles. The lowest BCUT2D eigenvalue weighted by atomic mass is 10.1. The molecule has 2 aromatic carbocycles. The molecule has 0 aliphatic carbocycles. The maximum Gasteiger partial charge on any atom is 0.387 e. The van der Waals surface area contributed by atoms with Gasteiger partial charge >= 0.3 is 6.61 Å². The number of nitrogens with one attached hydrogen (secondary N) is 1. The van der Waals surface area contributed by atoms with Gasteiger partial charge in [0.05, 0.1) is 12.8 Å². The number of halogens is 2. The molecule has 0 heterocycles. The Morgan fingerprint density at radius 2 is 1.76 bits per heavy atom. The van der Waals surface area contributed by atoms with E-state index in [0.717, 1.165) is 17.7 Å². The van der Waals surface area contributed by atoms with E-state index in [1.54, 1.807) is 25.3 Å². The minimum Gasteiger partial charge on any atom is -0.497 e. The van der Waals surface area contributed by atoms with Crippen LogP contribution in [0.15, 0.2) is 48.5 Å². The molecule has 1 N–H and O–H groups in total. The number of anilines is 1. The quantitative estimate of drug-likeness (QED) is 0.838. The van der Waals surface area contributed by atoms with Gasteiger partial charge in [-0.05, 0) is 36.2 Å². The van der Waals surface area contributed by atoms with Crippen molar-refractivity contribution in [3.8, 4) is 11.5 Å². The van der Waals surface area contributed by atoms with Crippen LogP contribution in [0, 0.1) is 0 Å². The van der Waals surface area contributed by atoms with E-state index in [4.69, 9.17) is 4.74 Å². The summed E-state index contributed by atoms with van der Waals surface area (Å²) in [6.07, 6.45) is 0.771. The summed E-state index contributed by atoms with van der Waals surface area (Å²) in [5.74, 6) is 0.963. The zero-order valence-electron chi connectivity index (χ0n) is 11.7. The van der Waals surface area contributed by atoms with Crippen molar-refractivity contribution in [3.05, 3.63) is 54.1 Å². The van der Waals surface area contributed by atoms with Crippen LogP contribution in [0.5, 0.6) is 11.5 Å². The molecule has 0 aliphatic heterocycles. The van der Waals surface area contributed by atoms with Crippen molar-refractivity contribution in [1.29, 1.82) is 0 Å². The SMILES string of the molecule is COc1ccc(CCNc2ccccc2OC(F)F)cc1. The second-order valence-corrected chi connectivity index (χ2v) is 4.40. The number of ether oxygens (including phenoxy) is 2. The number of benzene rings is 2. The molecule has 0 saturated carbocycles. The Balaban J connectivity index is 1.90. The molecule has 0 radical (unpaired) electrons. The average molecular weight is 293 g/mol. The molecule has 0 unspecified atom stereocenters. The molecule has 2 rings (SSSR count). The normalized spacial score (nSPS) is 10.5. The second-order valence-electron chi connectivity index (χ2n) is 4.40. The number of para-hydroxylation sites is 2. The third-order valence-electron chi connectivity index (χ3n) is 2.99. The first-order valence-corrected chi connectivity index (χ1v) is 6.59. The van der Waals surface area contributed by atoms with E-state index in [1.165, 1.54) is 6.07 Å². The van der Waals surface area contributed by atoms with Gasteiger partial charge in [-0.25, -0.2) is 0 Å². The maximum absolute atomic E-state index is 12.3. The standard InChI is InChI=1S/C16H17F2NO2/c1-20-13-8-6-12(7-9-13)10-11-19-14-4-2-3-5-15(14)21-16(17)18/h2-9,16,19H,10-11H2,1H3. The molecule has 0 fully saturated rings. The summed E-state index contributed by atoms with van der Waals surface area (Å²) >= 11 is 0. The van der Waals surface area contributed by atoms with Crippen molar-refractivity contribution >= 4 is 5.69 Å². The fraction of sp³-hybridized carbons (Fsp3) is 0.250. The molecule has 0 saturated heterocycles. The van der Waals surface area contributed by atoms with E-state index in [-0.39, 0.29) is 5.75 Å². The fourth-order valence-electron chi connectivity index (χ4n) is 1.95. The van der Waals surface area contributed by atoms with Gasteiger partial charge in [-0.15, -0.1) is 0 Å². The predicted octanol–water partition coefficient (Wildman–Crippen LogP) is 3.95. The van der Waals surface area contributed by atoms with E-state index in [9.17, 15) is 8.78 Å². The van der Waals surface area contributed by atoms with Gasteiger partial charge in [-0.2, -0.15) is 8.78 Å². The molecule has 3 nitrogen and oxygen atoms in total. The van der Waals surface area contributed by atoms with Gasteiger partial charge < -0.3 is 14.8 Å². The number of hydrogen-bond acceptors (Lipinski definition) is 3. The lowest BCUT2D eigenvalue weighted by Gasteiger charge is -2.12. The summed E-state index contributed by atoms with van der Waals surface area (Å²) in [5, 5.41) is 3.11. The minimum atomic E-state index is -2.82. The van der Waals surface area contributed by atoms with Gasteiger partial charge in [-0.1, -0.05) is 24.3 Å². The summed E-state index contributed by atoms with van der Waals surface area (Å²) in [6, 6.07) is 14.4. The van der Waals surface area contributed by atoms with Gasteiger partial charge in [0.2, 0.25) is 0 Å². The maximum atomic E-state index is 12.3. The first kappa shape index (κ1) is 15.1. The van der Waals surface area contributed by atoms with Crippen LogP contribution in [0.25, 0.3) is 0 Å². The van der Waals surface area contributed by atoms with Crippen molar-refractivity contribution < 1.29 is 18.3 Å². The van der Waals surface area contributed by atoms with Gasteiger partial charge in [0.25, 0.3) is 0 Å². The molecule has 21 heavy (non-hydrogen) atoms. The molecule has 112 valence electrons. The zero-order chi connectivity index (χ0) is 15.1. The van der Waals surface area contributed by atoms with E-state index < -0.39 is 6.61 Å². The number of methoxy groups -OCH3 is 1. The van der Waals surface area contributed by atoms with E-state index in [1.807, 2.05) is 24.3 Å². The number of hydrogen-bond donors (Lipinski definition) is 1. The summed E-state index contributed by atoms with van der Waals surface area (Å²) in [6.45, 7) is -2.20. The highest BCUT2D eigenvalue weighted by molar-refractivity contribution is 5.56. The van der Waals surface area contributed by atoms with Crippen LogP contribution in [-0.2, 0) is 6.42 Å². The number of rotatable bonds is 7. The Labute approximate surface area is 122 Å². The van der Waals surface area contributed by atoms with Crippen LogP contribution in [-0.4, -0.2) is 20.3 Å². The third-order valence-corrected chi connectivity index (χ3v) is 2.99. The number of alkyl halides is 2. The van der Waals surface area contributed by atoms with Crippen LogP contribution in [0.4, 0.5) is 14.5 Å². The topological polar surface area (TPSA) is 30.5 Å². The van der Waals surface area contributed by atoms with Crippen LogP contribution in [0.2, 0.25) is 0 Å². The molecular weight excluding hydrogens is 276 g/mol. The van der Waals surface area contributed by atoms with E-state index in [0.29, 0.717) is 12.2 Å². The minimum absolute atomic E-state index is 0.155. The molecule has 0 atom stereocenters. The van der Waals surface area contributed by atoms with Crippen LogP contribution < -0.4 is 14.8 Å². The van der Waals surface area contributed by atoms with Gasteiger partial charge in [0.15, 0.2) is 0 Å². The first-order valence-electron chi connectivity index (χ1n) is 6.59. The summed E-state index contributed by atoms with van der Waals surface area (Å²) in [7, 11) is 1.62. The Morgan fingerprint density at radius 3 is 2.43 bits per heavy atom. The van der Waals surface area contributed by atoms with Crippen molar-refractivity contribution in [2.24, 2.45) is 0 Å². The molecule has 0 bridgehead atoms. The smallest absolute Gasteiger partial charge is 0.387 e. The lowest BCUT2D eigenvalue weighted by molar-refractivity contribution is -0.0493. The first-order chi connectivity index (χ1) is 10.2. The van der Waals surface area contributed by atoms with Gasteiger partial charge in [0.1, 0.15) is 11.5 Å². The summed E-state index contributed by atoms with van der Waals surface area (Å²) in [5.41, 5.74) is 1.70. The summed E-state index contributed by atoms with van der Waals surface area (Å²) in [4.78, 5) is 0. The molecule has 2 aromatic rings. The van der Waals surface area contributed by atoms with Crippen molar-refractivity contribution in [2.75, 3.05) is 19.0 Å². The Bertz CT molecular complexity index is 558. The van der Waals surface area contributed by atoms with Crippen molar-refractivity contribution in [3.63, 3.8) is 0 Å². The molecule has 0 amide bonds.